The average Bonchev–Trinajstić information content (AvgIpc) is 3.05. The molecule has 1 saturated carbocycles. The molecule has 1 unspecified atom stereocenters. The summed E-state index contributed by atoms with van der Waals surface area (Å²) in [6.07, 6.45) is 2.55. The van der Waals surface area contributed by atoms with Gasteiger partial charge in [0.25, 0.3) is 0 Å². The first-order valence-electron chi connectivity index (χ1n) is 5.86. The number of aliphatic hydroxyl groups is 1. The summed E-state index contributed by atoms with van der Waals surface area (Å²) in [5.74, 6) is -0.357. The average molecular weight is 258 g/mol. The smallest absolute Gasteiger partial charge is 0.127 e. The number of hydrogen-bond acceptors (Lipinski definition) is 2. The van der Waals surface area contributed by atoms with Crippen LogP contribution in [0.25, 0.3) is 0 Å². The van der Waals surface area contributed by atoms with Crippen molar-refractivity contribution in [2.45, 2.75) is 37.8 Å². The monoisotopic (exact) mass is 257 g/mol. The molecule has 0 spiro atoms. The molecular formula is C13H17ClFNO. The zero-order valence-corrected chi connectivity index (χ0v) is 10.6. The van der Waals surface area contributed by atoms with Gasteiger partial charge in [0.2, 0.25) is 0 Å². The van der Waals surface area contributed by atoms with E-state index in [1.165, 1.54) is 6.07 Å². The van der Waals surface area contributed by atoms with Gasteiger partial charge < -0.3 is 10.4 Å². The molecule has 0 amide bonds. The lowest BCUT2D eigenvalue weighted by Crippen LogP contribution is -2.40. The fourth-order valence-electron chi connectivity index (χ4n) is 1.80. The third kappa shape index (κ3) is 3.66. The highest BCUT2D eigenvalue weighted by atomic mass is 35.5. The molecule has 1 aromatic rings. The normalized spacial score (nSPS) is 19.1. The molecule has 0 radical (unpaired) electrons. The third-order valence-electron chi connectivity index (χ3n) is 2.97. The highest BCUT2D eigenvalue weighted by Gasteiger charge is 2.28. The molecule has 1 aromatic carbocycles. The van der Waals surface area contributed by atoms with Gasteiger partial charge in [-0.25, -0.2) is 4.39 Å². The third-order valence-corrected chi connectivity index (χ3v) is 3.32. The van der Waals surface area contributed by atoms with E-state index in [4.69, 9.17) is 11.6 Å². The highest BCUT2D eigenvalue weighted by molar-refractivity contribution is 6.31. The minimum atomic E-state index is -0.978. The van der Waals surface area contributed by atoms with Crippen molar-refractivity contribution in [3.63, 3.8) is 0 Å². The van der Waals surface area contributed by atoms with Crippen molar-refractivity contribution in [3.8, 4) is 0 Å². The summed E-state index contributed by atoms with van der Waals surface area (Å²) in [5, 5.41) is 13.8. The van der Waals surface area contributed by atoms with Gasteiger partial charge in [0, 0.05) is 29.6 Å². The first-order valence-corrected chi connectivity index (χ1v) is 6.24. The minimum Gasteiger partial charge on any atom is -0.389 e. The van der Waals surface area contributed by atoms with E-state index in [9.17, 15) is 9.50 Å². The molecule has 0 saturated heterocycles. The summed E-state index contributed by atoms with van der Waals surface area (Å²) in [7, 11) is 0. The number of benzene rings is 1. The maximum Gasteiger partial charge on any atom is 0.127 e. The number of halogens is 2. The lowest BCUT2D eigenvalue weighted by atomic mass is 9.96. The van der Waals surface area contributed by atoms with Crippen LogP contribution in [0, 0.1) is 5.82 Å². The number of rotatable bonds is 5. The Labute approximate surface area is 106 Å². The van der Waals surface area contributed by atoms with Crippen LogP contribution in [-0.4, -0.2) is 23.3 Å². The van der Waals surface area contributed by atoms with Crippen LogP contribution in [0.1, 0.15) is 25.3 Å². The van der Waals surface area contributed by atoms with E-state index >= 15 is 0 Å². The predicted octanol–water partition coefficient (Wildman–Crippen LogP) is 2.52. The van der Waals surface area contributed by atoms with Gasteiger partial charge >= 0.3 is 0 Å². The van der Waals surface area contributed by atoms with Crippen LogP contribution in [-0.2, 0) is 6.42 Å². The Hall–Kier alpha value is -0.640. The summed E-state index contributed by atoms with van der Waals surface area (Å²) < 4.78 is 13.6. The largest absolute Gasteiger partial charge is 0.389 e. The molecule has 2 N–H and O–H groups in total. The second-order valence-corrected chi connectivity index (χ2v) is 5.44. The topological polar surface area (TPSA) is 32.3 Å². The molecule has 0 aliphatic heterocycles. The zero-order valence-electron chi connectivity index (χ0n) is 9.84. The van der Waals surface area contributed by atoms with E-state index in [1.54, 1.807) is 19.1 Å². The molecule has 1 atom stereocenters. The summed E-state index contributed by atoms with van der Waals surface area (Å²) in [6.45, 7) is 2.16. The van der Waals surface area contributed by atoms with Gasteiger partial charge in [0.1, 0.15) is 5.82 Å². The van der Waals surface area contributed by atoms with E-state index in [0.717, 1.165) is 12.8 Å². The minimum absolute atomic E-state index is 0.220. The Morgan fingerprint density at radius 3 is 2.82 bits per heavy atom. The van der Waals surface area contributed by atoms with E-state index in [0.29, 0.717) is 23.2 Å². The van der Waals surface area contributed by atoms with Crippen molar-refractivity contribution in [2.75, 3.05) is 6.54 Å². The van der Waals surface area contributed by atoms with E-state index < -0.39 is 5.60 Å². The van der Waals surface area contributed by atoms with Gasteiger partial charge in [-0.05, 0) is 31.9 Å². The molecular weight excluding hydrogens is 241 g/mol. The van der Waals surface area contributed by atoms with E-state index in [1.807, 2.05) is 0 Å². The fourth-order valence-corrected chi connectivity index (χ4v) is 2.03. The van der Waals surface area contributed by atoms with Gasteiger partial charge in [0.05, 0.1) is 5.60 Å². The predicted molar refractivity (Wildman–Crippen MR) is 66.8 cm³/mol. The molecule has 0 bridgehead atoms. The molecule has 2 nitrogen and oxygen atoms in total. The maximum atomic E-state index is 13.6. The van der Waals surface area contributed by atoms with Crippen molar-refractivity contribution < 1.29 is 9.50 Å². The van der Waals surface area contributed by atoms with Crippen LogP contribution >= 0.6 is 11.6 Å². The molecule has 17 heavy (non-hydrogen) atoms. The second kappa shape index (κ2) is 4.92. The summed E-state index contributed by atoms with van der Waals surface area (Å²) in [4.78, 5) is 0. The lowest BCUT2D eigenvalue weighted by Gasteiger charge is -2.24. The Balaban J connectivity index is 2.02. The quantitative estimate of drug-likeness (QED) is 0.850. The van der Waals surface area contributed by atoms with Gasteiger partial charge in [-0.15, -0.1) is 0 Å². The Kier molecular flexibility index (Phi) is 3.71. The van der Waals surface area contributed by atoms with Crippen molar-refractivity contribution in [3.05, 3.63) is 34.6 Å². The van der Waals surface area contributed by atoms with Gasteiger partial charge in [-0.3, -0.25) is 0 Å². The van der Waals surface area contributed by atoms with Crippen molar-refractivity contribution in [1.82, 2.24) is 5.32 Å². The first-order chi connectivity index (χ1) is 7.98. The molecule has 0 heterocycles. The molecule has 1 aliphatic rings. The maximum absolute atomic E-state index is 13.6. The Morgan fingerprint density at radius 1 is 1.53 bits per heavy atom. The van der Waals surface area contributed by atoms with Crippen molar-refractivity contribution in [2.24, 2.45) is 0 Å². The van der Waals surface area contributed by atoms with Crippen molar-refractivity contribution in [1.29, 1.82) is 0 Å². The summed E-state index contributed by atoms with van der Waals surface area (Å²) >= 11 is 5.94. The standard InChI is InChI=1S/C13H17ClFNO/c1-13(17,8-16-9-5-6-9)7-10-11(14)3-2-4-12(10)15/h2-4,9,16-17H,5-8H2,1H3. The first kappa shape index (κ1) is 12.8. The molecule has 1 aliphatic carbocycles. The fraction of sp³-hybridized carbons (Fsp3) is 0.538. The molecule has 2 rings (SSSR count). The SMILES string of the molecule is CC(O)(CNC1CC1)Cc1c(F)cccc1Cl. The number of nitrogens with one attached hydrogen (secondary N) is 1. The zero-order chi connectivity index (χ0) is 12.5. The van der Waals surface area contributed by atoms with Gasteiger partial charge in [0.15, 0.2) is 0 Å². The van der Waals surface area contributed by atoms with Gasteiger partial charge in [-0.1, -0.05) is 17.7 Å². The summed E-state index contributed by atoms with van der Waals surface area (Å²) in [5.41, 5.74) is -0.592. The second-order valence-electron chi connectivity index (χ2n) is 5.03. The van der Waals surface area contributed by atoms with Gasteiger partial charge in [-0.2, -0.15) is 0 Å². The van der Waals surface area contributed by atoms with E-state index in [-0.39, 0.29) is 12.2 Å². The highest BCUT2D eigenvalue weighted by Crippen LogP contribution is 2.25. The Morgan fingerprint density at radius 2 is 2.24 bits per heavy atom. The lowest BCUT2D eigenvalue weighted by molar-refractivity contribution is 0.0589. The molecule has 0 aromatic heterocycles. The van der Waals surface area contributed by atoms with Crippen LogP contribution < -0.4 is 5.32 Å². The molecule has 94 valence electrons. The van der Waals surface area contributed by atoms with Crippen LogP contribution in [0.4, 0.5) is 4.39 Å². The molecule has 4 heteroatoms. The van der Waals surface area contributed by atoms with Crippen molar-refractivity contribution >= 4 is 11.6 Å². The van der Waals surface area contributed by atoms with Crippen LogP contribution in [0.15, 0.2) is 18.2 Å². The van der Waals surface area contributed by atoms with Crippen LogP contribution in [0.2, 0.25) is 5.02 Å². The molecule has 1 fully saturated rings. The summed E-state index contributed by atoms with van der Waals surface area (Å²) in [6, 6.07) is 5.10. The number of hydrogen-bond donors (Lipinski definition) is 2. The Bertz CT molecular complexity index is 384. The van der Waals surface area contributed by atoms with Crippen LogP contribution in [0.5, 0.6) is 0 Å². The van der Waals surface area contributed by atoms with Crippen LogP contribution in [0.3, 0.4) is 0 Å². The van der Waals surface area contributed by atoms with E-state index in [2.05, 4.69) is 5.32 Å².